The molecule has 1 aliphatic rings. The van der Waals surface area contributed by atoms with Crippen molar-refractivity contribution in [3.8, 4) is 0 Å². The van der Waals surface area contributed by atoms with E-state index in [-0.39, 0.29) is 18.6 Å². The number of ether oxygens (including phenoxy) is 1. The van der Waals surface area contributed by atoms with Crippen molar-refractivity contribution in [1.29, 1.82) is 0 Å². The van der Waals surface area contributed by atoms with Gasteiger partial charge in [0.25, 0.3) is 0 Å². The van der Waals surface area contributed by atoms with Crippen molar-refractivity contribution in [3.05, 3.63) is 11.7 Å². The maximum atomic E-state index is 12.0. The minimum atomic E-state index is -0.924. The number of carbonyl (C=O) groups is 2. The summed E-state index contributed by atoms with van der Waals surface area (Å²) in [5.41, 5.74) is 0. The Bertz CT molecular complexity index is 530. The van der Waals surface area contributed by atoms with Crippen LogP contribution in [-0.2, 0) is 20.9 Å². The van der Waals surface area contributed by atoms with Crippen LogP contribution in [0.5, 0.6) is 0 Å². The third kappa shape index (κ3) is 3.57. The summed E-state index contributed by atoms with van der Waals surface area (Å²) in [5.74, 6) is -1.39. The molecule has 1 saturated carbocycles. The number of hydrogen-bond acceptors (Lipinski definition) is 6. The minimum Gasteiger partial charge on any atom is -0.481 e. The van der Waals surface area contributed by atoms with Crippen molar-refractivity contribution in [1.82, 2.24) is 15.0 Å². The zero-order valence-corrected chi connectivity index (χ0v) is 12.3. The van der Waals surface area contributed by atoms with Gasteiger partial charge in [-0.2, -0.15) is 4.98 Å². The Labute approximate surface area is 122 Å². The van der Waals surface area contributed by atoms with Gasteiger partial charge in [0, 0.05) is 13.7 Å². The molecule has 1 aromatic rings. The van der Waals surface area contributed by atoms with Crippen molar-refractivity contribution in [2.75, 3.05) is 13.7 Å². The minimum absolute atomic E-state index is 0.160. The van der Waals surface area contributed by atoms with Crippen molar-refractivity contribution in [2.45, 2.75) is 32.9 Å². The summed E-state index contributed by atoms with van der Waals surface area (Å²) in [6.07, 6.45) is 0.128. The summed E-state index contributed by atoms with van der Waals surface area (Å²) in [7, 11) is 1.59. The topological polar surface area (TPSA) is 106 Å². The van der Waals surface area contributed by atoms with E-state index in [0.29, 0.717) is 24.7 Å². The highest BCUT2D eigenvalue weighted by atomic mass is 16.5. The van der Waals surface area contributed by atoms with Crippen molar-refractivity contribution in [3.63, 3.8) is 0 Å². The second-order valence-electron chi connectivity index (χ2n) is 5.13. The molecular formula is C13H19N3O5. The summed E-state index contributed by atoms with van der Waals surface area (Å²) < 4.78 is 10.4. The van der Waals surface area contributed by atoms with Gasteiger partial charge in [-0.25, -0.2) is 0 Å². The molecule has 21 heavy (non-hydrogen) atoms. The number of amides is 1. The Morgan fingerprint density at radius 1 is 1.52 bits per heavy atom. The van der Waals surface area contributed by atoms with E-state index < -0.39 is 17.8 Å². The van der Waals surface area contributed by atoms with Crippen molar-refractivity contribution in [2.24, 2.45) is 11.8 Å². The molecule has 1 aromatic heterocycles. The van der Waals surface area contributed by atoms with E-state index in [1.54, 1.807) is 7.05 Å². The third-order valence-electron chi connectivity index (χ3n) is 3.44. The molecule has 3 atom stereocenters. The second kappa shape index (κ2) is 6.21. The number of rotatable bonds is 7. The van der Waals surface area contributed by atoms with Gasteiger partial charge in [-0.3, -0.25) is 9.59 Å². The number of carboxylic acids is 1. The normalized spacial score (nSPS) is 21.9. The molecule has 1 aliphatic carbocycles. The van der Waals surface area contributed by atoms with Crippen LogP contribution in [0.15, 0.2) is 4.52 Å². The molecule has 0 unspecified atom stereocenters. The zero-order valence-electron chi connectivity index (χ0n) is 12.3. The highest BCUT2D eigenvalue weighted by Gasteiger charge is 2.49. The standard InChI is InChI=1S/C13H19N3O5/c1-4-20-7(2)11-14-10(21-15-11)6-16(3)12(17)8-5-9(8)13(18)19/h7-9H,4-6H2,1-3H3,(H,18,19)/t7-,8+,9-/m1/s1. The Morgan fingerprint density at radius 2 is 2.24 bits per heavy atom. The molecule has 1 N–H and O–H groups in total. The molecule has 0 spiro atoms. The van der Waals surface area contributed by atoms with Crippen LogP contribution in [0, 0.1) is 11.8 Å². The van der Waals surface area contributed by atoms with Gasteiger partial charge in [0.1, 0.15) is 6.10 Å². The third-order valence-corrected chi connectivity index (χ3v) is 3.44. The number of carbonyl (C=O) groups excluding carboxylic acids is 1. The summed E-state index contributed by atoms with van der Waals surface area (Å²) in [5, 5.41) is 12.6. The molecule has 1 amide bonds. The quantitative estimate of drug-likeness (QED) is 0.795. The molecule has 0 bridgehead atoms. The zero-order chi connectivity index (χ0) is 15.6. The molecule has 2 rings (SSSR count). The maximum Gasteiger partial charge on any atom is 0.307 e. The highest BCUT2D eigenvalue weighted by molar-refractivity contribution is 5.89. The molecule has 8 nitrogen and oxygen atoms in total. The molecule has 0 radical (unpaired) electrons. The van der Waals surface area contributed by atoms with Crippen LogP contribution < -0.4 is 0 Å². The van der Waals surface area contributed by atoms with Gasteiger partial charge in [-0.05, 0) is 20.3 Å². The largest absolute Gasteiger partial charge is 0.481 e. The first-order valence-corrected chi connectivity index (χ1v) is 6.85. The molecule has 0 aromatic carbocycles. The first-order valence-electron chi connectivity index (χ1n) is 6.85. The Balaban J connectivity index is 1.90. The smallest absolute Gasteiger partial charge is 0.307 e. The first kappa shape index (κ1) is 15.4. The Kier molecular flexibility index (Phi) is 4.56. The molecule has 1 heterocycles. The predicted octanol–water partition coefficient (Wildman–Crippen LogP) is 0.846. The Hall–Kier alpha value is -1.96. The van der Waals surface area contributed by atoms with Gasteiger partial charge >= 0.3 is 5.97 Å². The molecule has 0 saturated heterocycles. The van der Waals surface area contributed by atoms with Gasteiger partial charge < -0.3 is 19.3 Å². The summed E-state index contributed by atoms with van der Waals surface area (Å²) in [6.45, 7) is 4.39. The van der Waals surface area contributed by atoms with Crippen LogP contribution in [0.4, 0.5) is 0 Å². The van der Waals surface area contributed by atoms with Crippen LogP contribution in [0.1, 0.15) is 38.1 Å². The van der Waals surface area contributed by atoms with Crippen LogP contribution >= 0.6 is 0 Å². The first-order chi connectivity index (χ1) is 9.93. The SMILES string of the molecule is CCO[C@H](C)c1noc(CN(C)C(=O)[C@H]2C[C@H]2C(=O)O)n1. The van der Waals surface area contributed by atoms with Crippen LogP contribution in [0.25, 0.3) is 0 Å². The van der Waals surface area contributed by atoms with E-state index in [9.17, 15) is 9.59 Å². The lowest BCUT2D eigenvalue weighted by molar-refractivity contribution is -0.141. The van der Waals surface area contributed by atoms with E-state index in [0.717, 1.165) is 0 Å². The van der Waals surface area contributed by atoms with Crippen LogP contribution in [0.3, 0.4) is 0 Å². The predicted molar refractivity (Wildman–Crippen MR) is 70.0 cm³/mol. The summed E-state index contributed by atoms with van der Waals surface area (Å²) in [6, 6.07) is 0. The average Bonchev–Trinajstić information content (AvgIpc) is 3.11. The molecule has 1 fully saturated rings. The molecule has 0 aliphatic heterocycles. The van der Waals surface area contributed by atoms with E-state index in [1.165, 1.54) is 4.90 Å². The number of aliphatic carboxylic acids is 1. The van der Waals surface area contributed by atoms with E-state index in [1.807, 2.05) is 13.8 Å². The lowest BCUT2D eigenvalue weighted by Crippen LogP contribution is -2.29. The number of hydrogen-bond donors (Lipinski definition) is 1. The Morgan fingerprint density at radius 3 is 2.81 bits per heavy atom. The number of nitrogens with zero attached hydrogens (tertiary/aromatic N) is 3. The fraction of sp³-hybridized carbons (Fsp3) is 0.692. The van der Waals surface area contributed by atoms with Gasteiger partial charge in [-0.1, -0.05) is 5.16 Å². The lowest BCUT2D eigenvalue weighted by Gasteiger charge is -2.14. The molecule has 116 valence electrons. The van der Waals surface area contributed by atoms with E-state index >= 15 is 0 Å². The van der Waals surface area contributed by atoms with Gasteiger partial charge in [0.2, 0.25) is 11.8 Å². The average molecular weight is 297 g/mol. The van der Waals surface area contributed by atoms with Crippen LogP contribution in [0.2, 0.25) is 0 Å². The number of aromatic nitrogens is 2. The summed E-state index contributed by atoms with van der Waals surface area (Å²) in [4.78, 5) is 28.4. The van der Waals surface area contributed by atoms with Crippen molar-refractivity contribution >= 4 is 11.9 Å². The van der Waals surface area contributed by atoms with Gasteiger partial charge in [-0.15, -0.1) is 0 Å². The molecular weight excluding hydrogens is 278 g/mol. The van der Waals surface area contributed by atoms with Gasteiger partial charge in [0.05, 0.1) is 18.4 Å². The number of carboxylic acid groups (broad SMARTS) is 1. The molecule has 8 heteroatoms. The highest BCUT2D eigenvalue weighted by Crippen LogP contribution is 2.40. The van der Waals surface area contributed by atoms with E-state index in [4.69, 9.17) is 14.4 Å². The lowest BCUT2D eigenvalue weighted by atomic mass is 10.3. The fourth-order valence-electron chi connectivity index (χ4n) is 2.13. The maximum absolute atomic E-state index is 12.0. The van der Waals surface area contributed by atoms with E-state index in [2.05, 4.69) is 10.1 Å². The van der Waals surface area contributed by atoms with Crippen LogP contribution in [-0.4, -0.2) is 45.7 Å². The van der Waals surface area contributed by atoms with Crippen molar-refractivity contribution < 1.29 is 24.0 Å². The fourth-order valence-corrected chi connectivity index (χ4v) is 2.13. The monoisotopic (exact) mass is 297 g/mol. The summed E-state index contributed by atoms with van der Waals surface area (Å²) >= 11 is 0. The van der Waals surface area contributed by atoms with Gasteiger partial charge in [0.15, 0.2) is 5.82 Å². The second-order valence-corrected chi connectivity index (χ2v) is 5.13.